The lowest BCUT2D eigenvalue weighted by atomic mass is 10.1. The monoisotopic (exact) mass is 478 g/mol. The first kappa shape index (κ1) is 31.5. The van der Waals surface area contributed by atoms with Crippen molar-refractivity contribution in [1.29, 1.82) is 0 Å². The van der Waals surface area contributed by atoms with E-state index in [2.05, 4.69) is 63.9 Å². The molecule has 0 aromatic rings. The van der Waals surface area contributed by atoms with Crippen molar-refractivity contribution in [3.05, 3.63) is 0 Å². The molecule has 0 aliphatic heterocycles. The Morgan fingerprint density at radius 3 is 1.41 bits per heavy atom. The molecule has 0 unspecified atom stereocenters. The first-order chi connectivity index (χ1) is 13.3. The molecule has 0 aromatic carbocycles. The molecule has 0 N–H and O–H groups in total. The number of hydrogen-bond acceptors (Lipinski definition) is 3. The SMILES string of the molecule is CCCCCCCCCCCC[N+](C)(C)CCN(C)CCN(C)CCN(C)C.[Br-]. The number of unbranched alkanes of at least 4 members (excludes halogenated alkanes) is 9. The summed E-state index contributed by atoms with van der Waals surface area (Å²) in [5, 5.41) is 0. The highest BCUT2D eigenvalue weighted by molar-refractivity contribution is 4.59. The van der Waals surface area contributed by atoms with Crippen molar-refractivity contribution in [2.45, 2.75) is 71.1 Å². The molecule has 0 aromatic heterocycles. The van der Waals surface area contributed by atoms with Gasteiger partial charge in [-0.3, -0.25) is 4.90 Å². The predicted molar refractivity (Wildman–Crippen MR) is 127 cm³/mol. The van der Waals surface area contributed by atoms with Crippen molar-refractivity contribution in [3.63, 3.8) is 0 Å². The number of likely N-dealkylation sites (N-methyl/N-ethyl adjacent to an activating group) is 4. The molecule has 0 rings (SSSR count). The Balaban J connectivity index is 0. The maximum atomic E-state index is 2.50. The zero-order chi connectivity index (χ0) is 21.3. The number of quaternary nitrogens is 1. The van der Waals surface area contributed by atoms with Gasteiger partial charge in [-0.1, -0.05) is 58.3 Å². The quantitative estimate of drug-likeness (QED) is 0.193. The first-order valence-electron chi connectivity index (χ1n) is 12.1. The van der Waals surface area contributed by atoms with Crippen molar-refractivity contribution in [2.24, 2.45) is 0 Å². The summed E-state index contributed by atoms with van der Waals surface area (Å²) >= 11 is 0. The third-order valence-corrected chi connectivity index (χ3v) is 6.00. The zero-order valence-electron chi connectivity index (χ0n) is 21.2. The van der Waals surface area contributed by atoms with E-state index in [4.69, 9.17) is 0 Å². The van der Waals surface area contributed by atoms with Crippen LogP contribution in [0.4, 0.5) is 0 Å². The van der Waals surface area contributed by atoms with Gasteiger partial charge in [0.1, 0.15) is 0 Å². The van der Waals surface area contributed by atoms with Crippen molar-refractivity contribution < 1.29 is 21.5 Å². The van der Waals surface area contributed by atoms with Gasteiger partial charge in [-0.05, 0) is 41.0 Å². The highest BCUT2D eigenvalue weighted by atomic mass is 79.9. The largest absolute Gasteiger partial charge is 1.00 e. The Morgan fingerprint density at radius 1 is 0.517 bits per heavy atom. The minimum atomic E-state index is 0. The summed E-state index contributed by atoms with van der Waals surface area (Å²) < 4.78 is 1.16. The average Bonchev–Trinajstić information content (AvgIpc) is 2.64. The van der Waals surface area contributed by atoms with E-state index < -0.39 is 0 Å². The van der Waals surface area contributed by atoms with Gasteiger partial charge in [0, 0.05) is 32.7 Å². The third kappa shape index (κ3) is 22.8. The van der Waals surface area contributed by atoms with Gasteiger partial charge in [-0.25, -0.2) is 0 Å². The molecule has 0 saturated heterocycles. The van der Waals surface area contributed by atoms with E-state index in [-0.39, 0.29) is 17.0 Å². The Bertz CT molecular complexity index is 337. The Kier molecular flexibility index (Phi) is 22.0. The van der Waals surface area contributed by atoms with E-state index in [1.807, 2.05) is 0 Å². The Morgan fingerprint density at radius 2 is 0.931 bits per heavy atom. The van der Waals surface area contributed by atoms with Crippen LogP contribution in [0.25, 0.3) is 0 Å². The molecular formula is C24H55BrN4. The summed E-state index contributed by atoms with van der Waals surface area (Å²) in [6.07, 6.45) is 14.3. The molecule has 4 nitrogen and oxygen atoms in total. The van der Waals surface area contributed by atoms with Crippen LogP contribution >= 0.6 is 0 Å². The van der Waals surface area contributed by atoms with Crippen molar-refractivity contribution in [2.75, 3.05) is 88.1 Å². The summed E-state index contributed by atoms with van der Waals surface area (Å²) in [5.41, 5.74) is 0. The van der Waals surface area contributed by atoms with E-state index in [1.54, 1.807) is 0 Å². The predicted octanol–water partition coefficient (Wildman–Crippen LogP) is 1.41. The van der Waals surface area contributed by atoms with Crippen LogP contribution in [0.5, 0.6) is 0 Å². The molecule has 29 heavy (non-hydrogen) atoms. The second kappa shape index (κ2) is 20.2. The molecule has 0 spiro atoms. The standard InChI is InChI=1S/C24H55N4.BrH/c1-8-9-10-11-12-13-14-15-16-17-23-28(6,7)24-22-27(5)21-20-26(4)19-18-25(2)3;/h8-24H2,1-7H3;1H/q+1;/p-1. The second-order valence-corrected chi connectivity index (χ2v) is 9.97. The fraction of sp³-hybridized carbons (Fsp3) is 1.00. The summed E-state index contributed by atoms with van der Waals surface area (Å²) in [6.45, 7) is 10.7. The topological polar surface area (TPSA) is 9.72 Å². The van der Waals surface area contributed by atoms with Crippen LogP contribution in [-0.4, -0.2) is 107 Å². The van der Waals surface area contributed by atoms with Gasteiger partial charge in [0.15, 0.2) is 0 Å². The van der Waals surface area contributed by atoms with E-state index in [0.717, 1.165) is 24.1 Å². The molecular weight excluding hydrogens is 424 g/mol. The van der Waals surface area contributed by atoms with Crippen molar-refractivity contribution >= 4 is 0 Å². The first-order valence-corrected chi connectivity index (χ1v) is 12.1. The van der Waals surface area contributed by atoms with Crippen LogP contribution in [0.3, 0.4) is 0 Å². The van der Waals surface area contributed by atoms with E-state index in [1.165, 1.54) is 90.4 Å². The fourth-order valence-electron chi connectivity index (χ4n) is 3.52. The van der Waals surface area contributed by atoms with E-state index in [0.29, 0.717) is 0 Å². The maximum Gasteiger partial charge on any atom is 0.0911 e. The molecule has 0 amide bonds. The molecule has 0 heterocycles. The minimum Gasteiger partial charge on any atom is -1.00 e. The lowest BCUT2D eigenvalue weighted by Gasteiger charge is -2.32. The highest BCUT2D eigenvalue weighted by Gasteiger charge is 2.15. The lowest BCUT2D eigenvalue weighted by molar-refractivity contribution is -0.890. The third-order valence-electron chi connectivity index (χ3n) is 6.00. The van der Waals surface area contributed by atoms with E-state index in [9.17, 15) is 0 Å². The molecule has 0 aliphatic rings. The van der Waals surface area contributed by atoms with Crippen LogP contribution in [0.1, 0.15) is 71.1 Å². The van der Waals surface area contributed by atoms with Gasteiger partial charge in [0.05, 0.1) is 27.2 Å². The van der Waals surface area contributed by atoms with Crippen molar-refractivity contribution in [3.8, 4) is 0 Å². The van der Waals surface area contributed by atoms with Crippen LogP contribution in [0.2, 0.25) is 0 Å². The second-order valence-electron chi connectivity index (χ2n) is 9.97. The summed E-state index contributed by atoms with van der Waals surface area (Å²) in [4.78, 5) is 7.21. The molecule has 0 aliphatic carbocycles. The summed E-state index contributed by atoms with van der Waals surface area (Å²) in [6, 6.07) is 0. The Hall–Kier alpha value is 0.320. The van der Waals surface area contributed by atoms with Crippen LogP contribution in [-0.2, 0) is 0 Å². The molecule has 0 atom stereocenters. The number of halogens is 1. The fourth-order valence-corrected chi connectivity index (χ4v) is 3.52. The Labute approximate surface area is 195 Å². The van der Waals surface area contributed by atoms with E-state index >= 15 is 0 Å². The van der Waals surface area contributed by atoms with Gasteiger partial charge in [0.2, 0.25) is 0 Å². The highest BCUT2D eigenvalue weighted by Crippen LogP contribution is 2.11. The zero-order valence-corrected chi connectivity index (χ0v) is 22.8. The van der Waals surface area contributed by atoms with Crippen LogP contribution in [0, 0.1) is 0 Å². The van der Waals surface area contributed by atoms with Gasteiger partial charge in [-0.2, -0.15) is 0 Å². The minimum absolute atomic E-state index is 0. The average molecular weight is 480 g/mol. The molecule has 5 heteroatoms. The molecule has 0 bridgehead atoms. The normalized spacial score (nSPS) is 12.2. The van der Waals surface area contributed by atoms with Crippen LogP contribution < -0.4 is 17.0 Å². The molecule has 178 valence electrons. The van der Waals surface area contributed by atoms with Gasteiger partial charge in [0.25, 0.3) is 0 Å². The summed E-state index contributed by atoms with van der Waals surface area (Å²) in [7, 11) is 13.6. The number of rotatable bonds is 20. The maximum absolute atomic E-state index is 2.50. The van der Waals surface area contributed by atoms with Gasteiger partial charge < -0.3 is 31.3 Å². The van der Waals surface area contributed by atoms with Gasteiger partial charge >= 0.3 is 0 Å². The lowest BCUT2D eigenvalue weighted by Crippen LogP contribution is -3.00. The molecule has 0 saturated carbocycles. The molecule has 0 radical (unpaired) electrons. The molecule has 0 fully saturated rings. The number of nitrogens with zero attached hydrogens (tertiary/aromatic N) is 4. The smallest absolute Gasteiger partial charge is 0.0911 e. The summed E-state index contributed by atoms with van der Waals surface area (Å²) in [5.74, 6) is 0. The number of hydrogen-bond donors (Lipinski definition) is 0. The van der Waals surface area contributed by atoms with Gasteiger partial charge in [-0.15, -0.1) is 0 Å². The van der Waals surface area contributed by atoms with Crippen molar-refractivity contribution in [1.82, 2.24) is 14.7 Å². The van der Waals surface area contributed by atoms with Crippen LogP contribution in [0.15, 0.2) is 0 Å².